The SMILES string of the molecule is Cc1cc(=O)c(C(=O)Nc2cccc3cn[nH]c23)nn1-c1ccccc1C(F)(F)F. The molecular weight excluding hydrogens is 399 g/mol. The number of rotatable bonds is 3. The Morgan fingerprint density at radius 3 is 2.67 bits per heavy atom. The van der Waals surface area contributed by atoms with Crippen LogP contribution in [0, 0.1) is 6.92 Å². The number of para-hydroxylation sites is 2. The van der Waals surface area contributed by atoms with Gasteiger partial charge in [-0.15, -0.1) is 0 Å². The van der Waals surface area contributed by atoms with Crippen molar-refractivity contribution in [2.45, 2.75) is 13.1 Å². The lowest BCUT2D eigenvalue weighted by Crippen LogP contribution is -2.27. The molecule has 0 radical (unpaired) electrons. The zero-order chi connectivity index (χ0) is 21.5. The quantitative estimate of drug-likeness (QED) is 0.536. The molecule has 1 amide bonds. The highest BCUT2D eigenvalue weighted by Gasteiger charge is 2.34. The molecule has 2 aromatic heterocycles. The number of H-pyrrole nitrogens is 1. The Morgan fingerprint density at radius 2 is 1.90 bits per heavy atom. The number of nitrogens with zero attached hydrogens (tertiary/aromatic N) is 3. The smallest absolute Gasteiger partial charge is 0.319 e. The molecule has 2 N–H and O–H groups in total. The second-order valence-electron chi connectivity index (χ2n) is 6.52. The Labute approximate surface area is 167 Å². The van der Waals surface area contributed by atoms with E-state index in [1.54, 1.807) is 24.4 Å². The number of aromatic nitrogens is 4. The normalized spacial score (nSPS) is 11.6. The van der Waals surface area contributed by atoms with E-state index in [9.17, 15) is 22.8 Å². The maximum atomic E-state index is 13.4. The molecule has 7 nitrogen and oxygen atoms in total. The van der Waals surface area contributed by atoms with E-state index in [-0.39, 0.29) is 11.4 Å². The molecule has 0 atom stereocenters. The van der Waals surface area contributed by atoms with Crippen LogP contribution >= 0.6 is 0 Å². The summed E-state index contributed by atoms with van der Waals surface area (Å²) in [6.07, 6.45) is -3.07. The molecule has 4 aromatic rings. The third kappa shape index (κ3) is 3.43. The lowest BCUT2D eigenvalue weighted by molar-refractivity contribution is -0.137. The minimum absolute atomic E-state index is 0.156. The Hall–Kier alpha value is -3.95. The minimum atomic E-state index is -4.63. The summed E-state index contributed by atoms with van der Waals surface area (Å²) in [4.78, 5) is 25.1. The van der Waals surface area contributed by atoms with Crippen LogP contribution in [0.1, 0.15) is 21.7 Å². The average Bonchev–Trinajstić information content (AvgIpc) is 3.17. The molecule has 30 heavy (non-hydrogen) atoms. The van der Waals surface area contributed by atoms with Crippen molar-refractivity contribution in [3.63, 3.8) is 0 Å². The van der Waals surface area contributed by atoms with Gasteiger partial charge < -0.3 is 5.32 Å². The first-order valence-corrected chi connectivity index (χ1v) is 8.77. The van der Waals surface area contributed by atoms with E-state index < -0.39 is 28.8 Å². The van der Waals surface area contributed by atoms with Crippen molar-refractivity contribution >= 4 is 22.5 Å². The Bertz CT molecular complexity index is 1320. The van der Waals surface area contributed by atoms with Crippen molar-refractivity contribution in [1.82, 2.24) is 20.0 Å². The van der Waals surface area contributed by atoms with E-state index in [0.717, 1.165) is 22.2 Å². The van der Waals surface area contributed by atoms with Gasteiger partial charge in [0.1, 0.15) is 0 Å². The van der Waals surface area contributed by atoms with E-state index in [2.05, 4.69) is 20.6 Å². The second kappa shape index (κ2) is 7.14. The molecular formula is C20H14F3N5O2. The number of alkyl halides is 3. The third-order valence-electron chi connectivity index (χ3n) is 4.49. The molecule has 0 fully saturated rings. The van der Waals surface area contributed by atoms with Crippen LogP contribution in [0.2, 0.25) is 0 Å². The van der Waals surface area contributed by atoms with Crippen LogP contribution in [0.3, 0.4) is 0 Å². The van der Waals surface area contributed by atoms with Gasteiger partial charge in [0.15, 0.2) is 5.69 Å². The Morgan fingerprint density at radius 1 is 1.13 bits per heavy atom. The number of hydrogen-bond acceptors (Lipinski definition) is 4. The lowest BCUT2D eigenvalue weighted by atomic mass is 10.1. The van der Waals surface area contributed by atoms with Gasteiger partial charge >= 0.3 is 6.18 Å². The molecule has 0 aliphatic rings. The van der Waals surface area contributed by atoms with Gasteiger partial charge in [-0.25, -0.2) is 4.68 Å². The van der Waals surface area contributed by atoms with Crippen LogP contribution in [-0.2, 0) is 6.18 Å². The molecule has 2 heterocycles. The molecule has 0 bridgehead atoms. The predicted molar refractivity (Wildman–Crippen MR) is 104 cm³/mol. The summed E-state index contributed by atoms with van der Waals surface area (Å²) in [7, 11) is 0. The molecule has 10 heteroatoms. The summed E-state index contributed by atoms with van der Waals surface area (Å²) in [6.45, 7) is 1.44. The first-order chi connectivity index (χ1) is 14.3. The fourth-order valence-electron chi connectivity index (χ4n) is 3.10. The van der Waals surface area contributed by atoms with Crippen LogP contribution < -0.4 is 10.7 Å². The summed E-state index contributed by atoms with van der Waals surface area (Å²) in [5.74, 6) is -0.847. The monoisotopic (exact) mass is 413 g/mol. The summed E-state index contributed by atoms with van der Waals surface area (Å²) in [5, 5.41) is 13.9. The number of fused-ring (bicyclic) bond motifs is 1. The van der Waals surface area contributed by atoms with Crippen LogP contribution in [0.4, 0.5) is 18.9 Å². The fourth-order valence-corrected chi connectivity index (χ4v) is 3.10. The number of carbonyl (C=O) groups is 1. The van der Waals surface area contributed by atoms with E-state index in [0.29, 0.717) is 11.2 Å². The number of benzene rings is 2. The van der Waals surface area contributed by atoms with Gasteiger partial charge in [-0.3, -0.25) is 14.7 Å². The second-order valence-corrected chi connectivity index (χ2v) is 6.52. The molecule has 152 valence electrons. The van der Waals surface area contributed by atoms with Crippen LogP contribution in [0.25, 0.3) is 16.6 Å². The Balaban J connectivity index is 1.79. The number of anilines is 1. The fraction of sp³-hybridized carbons (Fsp3) is 0.100. The maximum Gasteiger partial charge on any atom is 0.418 e. The Kier molecular flexibility index (Phi) is 4.61. The van der Waals surface area contributed by atoms with Crippen molar-refractivity contribution in [2.24, 2.45) is 0 Å². The molecule has 0 spiro atoms. The van der Waals surface area contributed by atoms with E-state index in [4.69, 9.17) is 0 Å². The largest absolute Gasteiger partial charge is 0.418 e. The van der Waals surface area contributed by atoms with Crippen molar-refractivity contribution in [1.29, 1.82) is 0 Å². The van der Waals surface area contributed by atoms with Gasteiger partial charge in [-0.05, 0) is 25.1 Å². The van der Waals surface area contributed by atoms with E-state index in [1.807, 2.05) is 0 Å². The van der Waals surface area contributed by atoms with Crippen LogP contribution in [-0.4, -0.2) is 25.9 Å². The summed E-state index contributed by atoms with van der Waals surface area (Å²) >= 11 is 0. The number of nitrogens with one attached hydrogen (secondary N) is 2. The zero-order valence-electron chi connectivity index (χ0n) is 15.5. The van der Waals surface area contributed by atoms with Gasteiger partial charge in [0.25, 0.3) is 5.91 Å². The van der Waals surface area contributed by atoms with Gasteiger partial charge in [0.2, 0.25) is 5.43 Å². The van der Waals surface area contributed by atoms with Crippen molar-refractivity contribution < 1.29 is 18.0 Å². The number of aromatic amines is 1. The van der Waals surface area contributed by atoms with Gasteiger partial charge in [0, 0.05) is 17.1 Å². The molecule has 2 aromatic carbocycles. The standard InChI is InChI=1S/C20H14F3N5O2/c1-11-9-16(29)18(19(30)25-14-7-4-5-12-10-24-26-17(12)14)27-28(11)15-8-3-2-6-13(15)20(21,22)23/h2-10H,1H3,(H,24,26)(H,25,30). The van der Waals surface area contributed by atoms with Gasteiger partial charge in [-0.2, -0.15) is 23.4 Å². The molecule has 0 aliphatic carbocycles. The average molecular weight is 413 g/mol. The molecule has 0 saturated carbocycles. The molecule has 4 rings (SSSR count). The topological polar surface area (TPSA) is 92.7 Å². The number of hydrogen-bond donors (Lipinski definition) is 2. The molecule has 0 saturated heterocycles. The summed E-state index contributed by atoms with van der Waals surface area (Å²) in [5.41, 5.74) is -1.40. The number of amides is 1. The van der Waals surface area contributed by atoms with Crippen molar-refractivity contribution in [3.8, 4) is 5.69 Å². The highest BCUT2D eigenvalue weighted by atomic mass is 19.4. The highest BCUT2D eigenvalue weighted by Crippen LogP contribution is 2.33. The maximum absolute atomic E-state index is 13.4. The van der Waals surface area contributed by atoms with Gasteiger partial charge in [0.05, 0.1) is 28.7 Å². The molecule has 0 unspecified atom stereocenters. The number of aryl methyl sites for hydroxylation is 1. The third-order valence-corrected chi connectivity index (χ3v) is 4.49. The van der Waals surface area contributed by atoms with Crippen LogP contribution in [0.5, 0.6) is 0 Å². The number of halogens is 3. The first kappa shape index (κ1) is 19.4. The summed E-state index contributed by atoms with van der Waals surface area (Å²) in [6, 6.07) is 10.9. The number of carbonyl (C=O) groups excluding carboxylic acids is 1. The summed E-state index contributed by atoms with van der Waals surface area (Å²) < 4.78 is 41.2. The van der Waals surface area contributed by atoms with Crippen LogP contribution in [0.15, 0.2) is 59.5 Å². The van der Waals surface area contributed by atoms with Crippen molar-refractivity contribution in [3.05, 3.63) is 81.9 Å². The zero-order valence-corrected chi connectivity index (χ0v) is 15.5. The molecule has 0 aliphatic heterocycles. The lowest BCUT2D eigenvalue weighted by Gasteiger charge is -2.16. The highest BCUT2D eigenvalue weighted by molar-refractivity contribution is 6.07. The van der Waals surface area contributed by atoms with Gasteiger partial charge in [-0.1, -0.05) is 24.3 Å². The van der Waals surface area contributed by atoms with E-state index in [1.165, 1.54) is 25.1 Å². The first-order valence-electron chi connectivity index (χ1n) is 8.77. The predicted octanol–water partition coefficient (Wildman–Crippen LogP) is 3.69. The minimum Gasteiger partial charge on any atom is -0.319 e. The van der Waals surface area contributed by atoms with E-state index >= 15 is 0 Å². The van der Waals surface area contributed by atoms with Crippen molar-refractivity contribution in [2.75, 3.05) is 5.32 Å².